The second kappa shape index (κ2) is 15.7. The summed E-state index contributed by atoms with van der Waals surface area (Å²) in [6, 6.07) is 0.697. The van der Waals surface area contributed by atoms with Crippen molar-refractivity contribution in [1.82, 2.24) is 30.7 Å². The van der Waals surface area contributed by atoms with Crippen molar-refractivity contribution in [2.45, 2.75) is 31.7 Å². The second-order valence-corrected chi connectivity index (χ2v) is 12.3. The highest BCUT2D eigenvalue weighted by atomic mass is 35.5. The monoisotopic (exact) mass is 758 g/mol. The zero-order chi connectivity index (χ0) is 38.7. The van der Waals surface area contributed by atoms with Crippen LogP contribution >= 0.6 is 11.6 Å². The number of carboxylic acid groups (broad SMARTS) is 1. The van der Waals surface area contributed by atoms with Crippen molar-refractivity contribution in [2.75, 3.05) is 26.2 Å². The fourth-order valence-electron chi connectivity index (χ4n) is 5.72. The molecule has 5 rings (SSSR count). The van der Waals surface area contributed by atoms with E-state index in [1.807, 2.05) is 0 Å². The van der Waals surface area contributed by atoms with E-state index in [9.17, 15) is 57.9 Å². The molecule has 2 atom stereocenters. The third kappa shape index (κ3) is 7.92. The Balaban J connectivity index is 1.28. The molecule has 0 bridgehead atoms. The summed E-state index contributed by atoms with van der Waals surface area (Å²) in [5.74, 6) is -12.6. The van der Waals surface area contributed by atoms with Crippen molar-refractivity contribution >= 4 is 54.3 Å². The number of carboxylic acids is 1. The fourth-order valence-corrected chi connectivity index (χ4v) is 5.97. The Hall–Kier alpha value is -6.02. The average molecular weight is 759 g/mol. The van der Waals surface area contributed by atoms with Crippen molar-refractivity contribution < 1.29 is 62.5 Å². The Morgan fingerprint density at radius 1 is 1.09 bits per heavy atom. The van der Waals surface area contributed by atoms with Crippen molar-refractivity contribution in [3.8, 4) is 17.2 Å². The first-order valence-corrected chi connectivity index (χ1v) is 16.2. The van der Waals surface area contributed by atoms with Crippen LogP contribution in [0.25, 0.3) is 0 Å². The average Bonchev–Trinajstić information content (AvgIpc) is 3.11. The lowest BCUT2D eigenvalue weighted by atomic mass is 9.72. The molecule has 0 aliphatic carbocycles. The molecular formula is C32H30BClF2N6O11. The fraction of sp³-hybridized carbons (Fsp3) is 0.281. The number of aromatic hydroxyl groups is 2. The molecule has 1 saturated heterocycles. The number of hydrogen-bond donors (Lipinski definition) is 7. The van der Waals surface area contributed by atoms with Crippen LogP contribution in [0.3, 0.4) is 0 Å². The van der Waals surface area contributed by atoms with E-state index in [0.717, 1.165) is 17.0 Å². The summed E-state index contributed by atoms with van der Waals surface area (Å²) in [5.41, 5.74) is -0.327. The lowest BCUT2D eigenvalue weighted by Crippen LogP contribution is -2.60. The van der Waals surface area contributed by atoms with Gasteiger partial charge in [0.2, 0.25) is 5.91 Å². The number of urea groups is 1. The van der Waals surface area contributed by atoms with E-state index in [4.69, 9.17) is 16.3 Å². The van der Waals surface area contributed by atoms with Gasteiger partial charge in [0.05, 0.1) is 11.0 Å². The topological polar surface area (TPSA) is 248 Å². The minimum atomic E-state index is -2.05. The molecule has 2 aliphatic heterocycles. The number of benzene rings is 2. The number of aromatic nitrogens is 1. The van der Waals surface area contributed by atoms with Crippen LogP contribution in [0.15, 0.2) is 36.7 Å². The van der Waals surface area contributed by atoms with E-state index in [-0.39, 0.29) is 50.5 Å². The highest BCUT2D eigenvalue weighted by molar-refractivity contribution is 6.47. The number of carbonyl (C=O) groups excluding carboxylic acids is 5. The Labute approximate surface area is 303 Å². The van der Waals surface area contributed by atoms with Crippen LogP contribution in [0.2, 0.25) is 5.02 Å². The number of pyridine rings is 1. The van der Waals surface area contributed by atoms with Gasteiger partial charge in [-0.15, -0.1) is 0 Å². The second-order valence-electron chi connectivity index (χ2n) is 11.9. The summed E-state index contributed by atoms with van der Waals surface area (Å²) in [4.78, 5) is 82.7. The lowest BCUT2D eigenvalue weighted by Gasteiger charge is -2.34. The van der Waals surface area contributed by atoms with Crippen molar-refractivity contribution in [3.05, 3.63) is 81.1 Å². The van der Waals surface area contributed by atoms with Crippen molar-refractivity contribution in [2.24, 2.45) is 0 Å². The van der Waals surface area contributed by atoms with Gasteiger partial charge in [0, 0.05) is 49.7 Å². The molecule has 2 aliphatic rings. The van der Waals surface area contributed by atoms with Gasteiger partial charge in [0.15, 0.2) is 17.3 Å². The number of rotatable bonds is 10. The van der Waals surface area contributed by atoms with E-state index < -0.39 is 93.9 Å². The predicted octanol–water partition coefficient (Wildman–Crippen LogP) is 0.812. The molecule has 0 radical (unpaired) electrons. The van der Waals surface area contributed by atoms with Crippen LogP contribution in [0.1, 0.15) is 49.9 Å². The Morgan fingerprint density at radius 3 is 2.53 bits per heavy atom. The Kier molecular flexibility index (Phi) is 11.3. The molecular weight excluding hydrogens is 729 g/mol. The molecule has 1 unspecified atom stereocenters. The largest absolute Gasteiger partial charge is 0.547 e. The van der Waals surface area contributed by atoms with Gasteiger partial charge in [-0.05, 0) is 49.1 Å². The molecule has 1 aromatic heterocycles. The molecule has 278 valence electrons. The van der Waals surface area contributed by atoms with Crippen LogP contribution in [-0.2, 0) is 20.8 Å². The molecule has 0 saturated carbocycles. The maximum Gasteiger partial charge on any atom is 0.547 e. The number of phenolic OH excluding ortho intramolecular Hbond substituents is 2. The van der Waals surface area contributed by atoms with Gasteiger partial charge >= 0.3 is 30.9 Å². The number of carbonyl (C=O) groups is 6. The number of aryl methyl sites for hydroxylation is 1. The van der Waals surface area contributed by atoms with Crippen LogP contribution in [0.5, 0.6) is 17.2 Å². The number of piperazine rings is 1. The van der Waals surface area contributed by atoms with Gasteiger partial charge in [-0.25, -0.2) is 18.4 Å². The van der Waals surface area contributed by atoms with Crippen LogP contribution in [0, 0.1) is 18.6 Å². The van der Waals surface area contributed by atoms with Crippen LogP contribution in [0.4, 0.5) is 13.6 Å². The van der Waals surface area contributed by atoms with E-state index in [0.29, 0.717) is 22.1 Å². The smallest absolute Gasteiger partial charge is 0.534 e. The Bertz CT molecular complexity index is 2020. The summed E-state index contributed by atoms with van der Waals surface area (Å²) in [5, 5.41) is 46.4. The zero-order valence-corrected chi connectivity index (χ0v) is 28.3. The lowest BCUT2D eigenvalue weighted by molar-refractivity contribution is -0.153. The van der Waals surface area contributed by atoms with Gasteiger partial charge in [-0.1, -0.05) is 17.7 Å². The zero-order valence-electron chi connectivity index (χ0n) is 27.6. The normalized spacial score (nSPS) is 16.0. The molecule has 0 spiro atoms. The first kappa shape index (κ1) is 38.2. The van der Waals surface area contributed by atoms with Gasteiger partial charge in [0.25, 0.3) is 5.91 Å². The summed E-state index contributed by atoms with van der Waals surface area (Å²) in [7, 11) is -1.97. The van der Waals surface area contributed by atoms with Gasteiger partial charge < -0.3 is 45.8 Å². The number of fused-ring (bicyclic) bond motifs is 1. The van der Waals surface area contributed by atoms with Gasteiger partial charge in [0.1, 0.15) is 23.2 Å². The maximum absolute atomic E-state index is 14.6. The maximum atomic E-state index is 14.6. The van der Waals surface area contributed by atoms with E-state index in [1.165, 1.54) is 12.4 Å². The van der Waals surface area contributed by atoms with Crippen molar-refractivity contribution in [1.29, 1.82) is 0 Å². The number of phenols is 2. The van der Waals surface area contributed by atoms with Crippen LogP contribution < -0.4 is 20.6 Å². The first-order valence-electron chi connectivity index (χ1n) is 15.8. The van der Waals surface area contributed by atoms with Crippen LogP contribution in [-0.4, -0.2) is 110 Å². The summed E-state index contributed by atoms with van der Waals surface area (Å²) < 4.78 is 34.0. The van der Waals surface area contributed by atoms with E-state index in [1.54, 1.807) is 13.0 Å². The molecule has 3 aromatic rings. The molecule has 2 aromatic carbocycles. The minimum Gasteiger partial charge on any atom is -0.534 e. The third-order valence-electron chi connectivity index (χ3n) is 8.50. The number of nitrogens with zero attached hydrogens (tertiary/aromatic N) is 3. The summed E-state index contributed by atoms with van der Waals surface area (Å²) >= 11 is 6.13. The standard InChI is InChI=1S/C32H30BClF2N6O11/c1-14-13-37-7-5-16(14)27(45)38-6-2-8-41-9-10-42(30(48)29(41)47)32(51)40-23(17-12-19(36)24(43)25(44)22(17)34)28(46)39-20-11-15-3-4-18(35)21(31(49)50)26(15)53-33(20)52/h3-5,7,12-13,20,23,43-44,52H,2,6,8-11H2,1H3,(H,38,45)(H,39,46)(H,40,51)(H,49,50)/t20-,23?/m0/s1. The van der Waals surface area contributed by atoms with Crippen molar-refractivity contribution in [3.63, 3.8) is 0 Å². The number of amides is 6. The molecule has 6 amide bonds. The van der Waals surface area contributed by atoms with E-state index in [2.05, 4.69) is 20.9 Å². The Morgan fingerprint density at radius 2 is 1.83 bits per heavy atom. The summed E-state index contributed by atoms with van der Waals surface area (Å²) in [6.45, 7) is 1.42. The van der Waals surface area contributed by atoms with Gasteiger partial charge in [-0.2, -0.15) is 0 Å². The number of nitrogens with one attached hydrogen (secondary N) is 3. The number of halogens is 3. The minimum absolute atomic E-state index is 0.0395. The summed E-state index contributed by atoms with van der Waals surface area (Å²) in [6.07, 6.45) is 2.93. The molecule has 3 heterocycles. The SMILES string of the molecule is Cc1cnccc1C(=O)NCCCN1CCN(C(=O)NC(C(=O)N[C@H]2Cc3ccc(F)c(C(=O)O)c3OB2O)c2cc(F)c(O)c(O)c2Cl)C(=O)C1=O. The molecule has 53 heavy (non-hydrogen) atoms. The number of imide groups is 1. The molecule has 21 heteroatoms. The molecule has 17 nitrogen and oxygen atoms in total. The number of aromatic carboxylic acids is 1. The highest BCUT2D eigenvalue weighted by Crippen LogP contribution is 2.40. The predicted molar refractivity (Wildman–Crippen MR) is 178 cm³/mol. The highest BCUT2D eigenvalue weighted by Gasteiger charge is 2.42. The first-order chi connectivity index (χ1) is 25.1. The molecule has 7 N–H and O–H groups in total. The van der Waals surface area contributed by atoms with E-state index >= 15 is 0 Å². The van der Waals surface area contributed by atoms with Gasteiger partial charge in [-0.3, -0.25) is 29.1 Å². The number of hydrogen-bond acceptors (Lipinski definition) is 11. The quantitative estimate of drug-likeness (QED) is 0.0657. The third-order valence-corrected chi connectivity index (χ3v) is 8.89. The molecule has 1 fully saturated rings.